The highest BCUT2D eigenvalue weighted by Crippen LogP contribution is 2.34. The lowest BCUT2D eigenvalue weighted by atomic mass is 10.3. The molecule has 1 aromatic carbocycles. The lowest BCUT2D eigenvalue weighted by Crippen LogP contribution is -1.98. The quantitative estimate of drug-likeness (QED) is 0.794. The Kier molecular flexibility index (Phi) is 4.91. The monoisotopic (exact) mass is 300 g/mol. The highest BCUT2D eigenvalue weighted by Gasteiger charge is 2.15. The van der Waals surface area contributed by atoms with Gasteiger partial charge in [-0.15, -0.1) is 11.8 Å². The first-order chi connectivity index (χ1) is 10.3. The summed E-state index contributed by atoms with van der Waals surface area (Å²) in [6.45, 7) is 4.09. The Labute approximate surface area is 131 Å². The minimum absolute atomic E-state index is 0.845. The van der Waals surface area contributed by atoms with Gasteiger partial charge in [-0.05, 0) is 55.7 Å². The van der Waals surface area contributed by atoms with E-state index in [2.05, 4.69) is 59.5 Å². The predicted molar refractivity (Wildman–Crippen MR) is 92.0 cm³/mol. The van der Waals surface area contributed by atoms with Gasteiger partial charge >= 0.3 is 0 Å². The highest BCUT2D eigenvalue weighted by molar-refractivity contribution is 8.00. The van der Waals surface area contributed by atoms with E-state index < -0.39 is 0 Å². The molecule has 0 radical (unpaired) electrons. The highest BCUT2D eigenvalue weighted by atomic mass is 32.2. The Morgan fingerprint density at radius 2 is 1.90 bits per heavy atom. The molecule has 0 spiro atoms. The molecule has 0 saturated heterocycles. The molecule has 1 aliphatic carbocycles. The van der Waals surface area contributed by atoms with E-state index in [9.17, 15) is 0 Å². The Morgan fingerprint density at radius 1 is 1.14 bits per heavy atom. The number of hydrogen-bond donors (Lipinski definition) is 1. The molecule has 1 N–H and O–H groups in total. The third kappa shape index (κ3) is 4.07. The number of benzene rings is 1. The average Bonchev–Trinajstić information content (AvgIpc) is 3.18. The molecule has 1 aliphatic rings. The fourth-order valence-corrected chi connectivity index (χ4v) is 4.09. The number of nitrogens with one attached hydrogen (secondary N) is 1. The van der Waals surface area contributed by atoms with Gasteiger partial charge in [0.15, 0.2) is 0 Å². The molecule has 1 fully saturated rings. The van der Waals surface area contributed by atoms with E-state index >= 15 is 0 Å². The Bertz CT molecular complexity index is 553. The zero-order chi connectivity index (χ0) is 14.5. The molecule has 3 rings (SSSR count). The SMILES string of the molecule is CCn1ccc(CNc2ccc(SC3CCCC3)cc2)c1. The van der Waals surface area contributed by atoms with Crippen molar-refractivity contribution in [1.82, 2.24) is 4.57 Å². The van der Waals surface area contributed by atoms with Gasteiger partial charge in [0.25, 0.3) is 0 Å². The molecule has 1 saturated carbocycles. The summed E-state index contributed by atoms with van der Waals surface area (Å²) < 4.78 is 2.21. The van der Waals surface area contributed by atoms with Crippen LogP contribution >= 0.6 is 11.8 Å². The summed E-state index contributed by atoms with van der Waals surface area (Å²) >= 11 is 2.05. The molecule has 21 heavy (non-hydrogen) atoms. The van der Waals surface area contributed by atoms with Crippen molar-refractivity contribution >= 4 is 17.4 Å². The van der Waals surface area contributed by atoms with Crippen molar-refractivity contribution in [2.24, 2.45) is 0 Å². The standard InChI is InChI=1S/C18H24N2S/c1-2-20-12-11-15(14-20)13-19-16-7-9-18(10-8-16)21-17-5-3-4-6-17/h7-12,14,17,19H,2-6,13H2,1H3. The van der Waals surface area contributed by atoms with E-state index in [1.165, 1.54) is 41.8 Å². The van der Waals surface area contributed by atoms with Crippen LogP contribution in [-0.4, -0.2) is 9.82 Å². The van der Waals surface area contributed by atoms with E-state index in [0.717, 1.165) is 18.3 Å². The van der Waals surface area contributed by atoms with Gasteiger partial charge in [-0.25, -0.2) is 0 Å². The van der Waals surface area contributed by atoms with Gasteiger partial charge in [0.2, 0.25) is 0 Å². The molecule has 0 atom stereocenters. The minimum Gasteiger partial charge on any atom is -0.381 e. The van der Waals surface area contributed by atoms with Gasteiger partial charge in [0, 0.05) is 41.3 Å². The summed E-state index contributed by atoms with van der Waals surface area (Å²) in [5.41, 5.74) is 2.54. The first-order valence-corrected chi connectivity index (χ1v) is 8.86. The van der Waals surface area contributed by atoms with Crippen LogP contribution in [0.1, 0.15) is 38.2 Å². The Morgan fingerprint density at radius 3 is 2.57 bits per heavy atom. The fourth-order valence-electron chi connectivity index (χ4n) is 2.85. The van der Waals surface area contributed by atoms with E-state index in [1.54, 1.807) is 0 Å². The van der Waals surface area contributed by atoms with Crippen LogP contribution in [0.15, 0.2) is 47.6 Å². The molecule has 112 valence electrons. The molecule has 0 amide bonds. The van der Waals surface area contributed by atoms with Crippen molar-refractivity contribution in [2.45, 2.75) is 55.8 Å². The van der Waals surface area contributed by atoms with Crippen LogP contribution in [0.5, 0.6) is 0 Å². The maximum atomic E-state index is 3.50. The molecule has 1 aromatic heterocycles. The second-order valence-corrected chi connectivity index (χ2v) is 7.13. The number of aryl methyl sites for hydroxylation is 1. The molecule has 0 bridgehead atoms. The third-order valence-corrected chi connectivity index (χ3v) is 5.48. The predicted octanol–water partition coefficient (Wildman–Crippen LogP) is 5.15. The van der Waals surface area contributed by atoms with E-state index in [4.69, 9.17) is 0 Å². The van der Waals surface area contributed by atoms with Crippen molar-refractivity contribution in [1.29, 1.82) is 0 Å². The second kappa shape index (κ2) is 7.08. The largest absolute Gasteiger partial charge is 0.381 e. The maximum Gasteiger partial charge on any atom is 0.0415 e. The number of hydrogen-bond acceptors (Lipinski definition) is 2. The van der Waals surface area contributed by atoms with Crippen LogP contribution < -0.4 is 5.32 Å². The van der Waals surface area contributed by atoms with Crippen LogP contribution in [0.25, 0.3) is 0 Å². The van der Waals surface area contributed by atoms with Gasteiger partial charge in [-0.2, -0.15) is 0 Å². The summed E-state index contributed by atoms with van der Waals surface area (Å²) in [6.07, 6.45) is 9.94. The molecule has 3 heteroatoms. The molecule has 2 nitrogen and oxygen atoms in total. The van der Waals surface area contributed by atoms with Gasteiger partial charge in [-0.3, -0.25) is 0 Å². The van der Waals surface area contributed by atoms with Crippen LogP contribution in [0.3, 0.4) is 0 Å². The molecule has 0 unspecified atom stereocenters. The minimum atomic E-state index is 0.845. The molecule has 2 aromatic rings. The number of nitrogens with zero attached hydrogens (tertiary/aromatic N) is 1. The summed E-state index contributed by atoms with van der Waals surface area (Å²) in [6, 6.07) is 11.1. The zero-order valence-electron chi connectivity index (χ0n) is 12.7. The lowest BCUT2D eigenvalue weighted by molar-refractivity contribution is 0.766. The topological polar surface area (TPSA) is 17.0 Å². The summed E-state index contributed by atoms with van der Waals surface area (Å²) in [5.74, 6) is 0. The van der Waals surface area contributed by atoms with Crippen molar-refractivity contribution in [3.8, 4) is 0 Å². The number of rotatable bonds is 6. The molecular formula is C18H24N2S. The second-order valence-electron chi connectivity index (χ2n) is 5.75. The summed E-state index contributed by atoms with van der Waals surface area (Å²) in [7, 11) is 0. The Hall–Kier alpha value is -1.35. The summed E-state index contributed by atoms with van der Waals surface area (Å²) in [5, 5.41) is 4.34. The van der Waals surface area contributed by atoms with Crippen molar-refractivity contribution < 1.29 is 0 Å². The van der Waals surface area contributed by atoms with E-state index in [1.807, 2.05) is 11.8 Å². The molecule has 0 aliphatic heterocycles. The van der Waals surface area contributed by atoms with E-state index in [-0.39, 0.29) is 0 Å². The van der Waals surface area contributed by atoms with Crippen LogP contribution in [0, 0.1) is 0 Å². The molecular weight excluding hydrogens is 276 g/mol. The normalized spacial score (nSPS) is 15.5. The van der Waals surface area contributed by atoms with Crippen LogP contribution in [-0.2, 0) is 13.1 Å². The van der Waals surface area contributed by atoms with Gasteiger partial charge < -0.3 is 9.88 Å². The van der Waals surface area contributed by atoms with Crippen LogP contribution in [0.4, 0.5) is 5.69 Å². The van der Waals surface area contributed by atoms with Crippen molar-refractivity contribution in [3.05, 3.63) is 48.3 Å². The lowest BCUT2D eigenvalue weighted by Gasteiger charge is -2.10. The summed E-state index contributed by atoms with van der Waals surface area (Å²) in [4.78, 5) is 1.41. The fraction of sp³-hybridized carbons (Fsp3) is 0.444. The van der Waals surface area contributed by atoms with Crippen molar-refractivity contribution in [2.75, 3.05) is 5.32 Å². The van der Waals surface area contributed by atoms with Gasteiger partial charge in [0.05, 0.1) is 0 Å². The van der Waals surface area contributed by atoms with Gasteiger partial charge in [-0.1, -0.05) is 12.8 Å². The number of anilines is 1. The maximum absolute atomic E-state index is 3.50. The number of aromatic nitrogens is 1. The van der Waals surface area contributed by atoms with Gasteiger partial charge in [0.1, 0.15) is 0 Å². The number of thioether (sulfide) groups is 1. The first kappa shape index (κ1) is 14.6. The van der Waals surface area contributed by atoms with Crippen molar-refractivity contribution in [3.63, 3.8) is 0 Å². The zero-order valence-corrected chi connectivity index (χ0v) is 13.5. The van der Waals surface area contributed by atoms with Crippen LogP contribution in [0.2, 0.25) is 0 Å². The first-order valence-electron chi connectivity index (χ1n) is 7.99. The molecule has 1 heterocycles. The average molecular weight is 300 g/mol. The van der Waals surface area contributed by atoms with E-state index in [0.29, 0.717) is 0 Å². The third-order valence-electron chi connectivity index (χ3n) is 4.13. The Balaban J connectivity index is 1.51. The smallest absolute Gasteiger partial charge is 0.0415 e.